The van der Waals surface area contributed by atoms with Crippen LogP contribution in [0.4, 0.5) is 0 Å². The van der Waals surface area contributed by atoms with E-state index in [1.165, 1.54) is 28.2 Å². The molecule has 7 nitrogen and oxygen atoms in total. The Labute approximate surface area is 167 Å². The highest BCUT2D eigenvalue weighted by atomic mass is 16.3. The maximum atomic E-state index is 12.1. The molecule has 0 radical (unpaired) electrons. The molecule has 1 aliphatic carbocycles. The van der Waals surface area contributed by atoms with Crippen molar-refractivity contribution in [1.82, 2.24) is 24.1 Å². The molecule has 1 N–H and O–H groups in total. The predicted molar refractivity (Wildman–Crippen MR) is 111 cm³/mol. The molecular weight excluding hydrogens is 366 g/mol. The SMILES string of the molecule is Cc1c(-c2ccc(Cn3cc(O)n(C)c3=O)cc2)ccc2c1nnn2CC1CC1. The average molecular weight is 389 g/mol. The molecule has 4 aromatic rings. The van der Waals surface area contributed by atoms with Gasteiger partial charge in [0.1, 0.15) is 5.52 Å². The third-order valence-corrected chi connectivity index (χ3v) is 5.83. The van der Waals surface area contributed by atoms with Gasteiger partial charge in [0.25, 0.3) is 0 Å². The van der Waals surface area contributed by atoms with E-state index in [2.05, 4.69) is 41.5 Å². The second-order valence-corrected chi connectivity index (χ2v) is 7.97. The zero-order chi connectivity index (χ0) is 20.1. The van der Waals surface area contributed by atoms with Crippen molar-refractivity contribution in [1.29, 1.82) is 0 Å². The number of rotatable bonds is 5. The first kappa shape index (κ1) is 17.7. The molecule has 5 rings (SSSR count). The molecule has 2 aromatic carbocycles. The summed E-state index contributed by atoms with van der Waals surface area (Å²) in [7, 11) is 1.55. The van der Waals surface area contributed by atoms with Crippen LogP contribution in [0.2, 0.25) is 0 Å². The van der Waals surface area contributed by atoms with E-state index in [0.29, 0.717) is 6.54 Å². The van der Waals surface area contributed by atoms with Crippen LogP contribution in [0.1, 0.15) is 24.0 Å². The van der Waals surface area contributed by atoms with Crippen LogP contribution in [0.3, 0.4) is 0 Å². The lowest BCUT2D eigenvalue weighted by atomic mass is 9.98. The smallest absolute Gasteiger partial charge is 0.331 e. The standard InChI is InChI=1S/C22H23N5O2/c1-14-18(9-10-19-21(14)23-24-27(19)12-16-3-4-16)17-7-5-15(6-8-17)11-26-13-20(28)25(2)22(26)29/h5-10,13,16,28H,3-4,11-12H2,1-2H3. The van der Waals surface area contributed by atoms with Crippen molar-refractivity contribution in [3.8, 4) is 17.0 Å². The topological polar surface area (TPSA) is 77.9 Å². The van der Waals surface area contributed by atoms with Gasteiger partial charge in [0.2, 0.25) is 5.88 Å². The predicted octanol–water partition coefficient (Wildman–Crippen LogP) is 3.07. The van der Waals surface area contributed by atoms with Gasteiger partial charge in [-0.3, -0.25) is 9.13 Å². The number of hydrogen-bond donors (Lipinski definition) is 1. The summed E-state index contributed by atoms with van der Waals surface area (Å²) in [5.41, 5.74) is 6.18. The number of nitrogens with zero attached hydrogens (tertiary/aromatic N) is 5. The zero-order valence-corrected chi connectivity index (χ0v) is 16.5. The Morgan fingerprint density at radius 3 is 2.55 bits per heavy atom. The number of aryl methyl sites for hydroxylation is 1. The van der Waals surface area contributed by atoms with E-state index in [1.807, 2.05) is 16.8 Å². The molecule has 7 heteroatoms. The Morgan fingerprint density at radius 2 is 1.90 bits per heavy atom. The number of imidazole rings is 1. The van der Waals surface area contributed by atoms with Crippen LogP contribution >= 0.6 is 0 Å². The fourth-order valence-corrected chi connectivity index (χ4v) is 3.83. The lowest BCUT2D eigenvalue weighted by Crippen LogP contribution is -2.22. The molecule has 0 unspecified atom stereocenters. The van der Waals surface area contributed by atoms with Crippen LogP contribution in [0, 0.1) is 12.8 Å². The fraction of sp³-hybridized carbons (Fsp3) is 0.318. The summed E-state index contributed by atoms with van der Waals surface area (Å²) in [5, 5.41) is 18.5. The maximum Gasteiger partial charge on any atom is 0.331 e. The first-order valence-corrected chi connectivity index (χ1v) is 9.88. The molecule has 0 saturated heterocycles. The van der Waals surface area contributed by atoms with Gasteiger partial charge in [-0.05, 0) is 54.0 Å². The molecule has 0 amide bonds. The second-order valence-electron chi connectivity index (χ2n) is 7.97. The van der Waals surface area contributed by atoms with E-state index in [1.54, 1.807) is 7.05 Å². The molecule has 29 heavy (non-hydrogen) atoms. The summed E-state index contributed by atoms with van der Waals surface area (Å²) in [4.78, 5) is 12.1. The Hall–Kier alpha value is -3.35. The van der Waals surface area contributed by atoms with Gasteiger partial charge in [-0.2, -0.15) is 0 Å². The van der Waals surface area contributed by atoms with Crippen molar-refractivity contribution < 1.29 is 5.11 Å². The zero-order valence-electron chi connectivity index (χ0n) is 16.5. The van der Waals surface area contributed by atoms with Gasteiger partial charge < -0.3 is 5.11 Å². The Balaban J connectivity index is 1.43. The largest absolute Gasteiger partial charge is 0.493 e. The van der Waals surface area contributed by atoms with Gasteiger partial charge >= 0.3 is 5.69 Å². The molecule has 2 aromatic heterocycles. The van der Waals surface area contributed by atoms with Crippen LogP contribution in [0.15, 0.2) is 47.4 Å². The van der Waals surface area contributed by atoms with Gasteiger partial charge in [-0.25, -0.2) is 9.48 Å². The lowest BCUT2D eigenvalue weighted by Gasteiger charge is -2.09. The monoisotopic (exact) mass is 389 g/mol. The molecule has 0 aliphatic heterocycles. The third kappa shape index (κ3) is 3.12. The number of benzene rings is 2. The van der Waals surface area contributed by atoms with E-state index in [-0.39, 0.29) is 11.6 Å². The molecule has 1 fully saturated rings. The quantitative estimate of drug-likeness (QED) is 0.569. The number of aromatic hydroxyl groups is 1. The molecule has 0 bridgehead atoms. The fourth-order valence-electron chi connectivity index (χ4n) is 3.83. The average Bonchev–Trinajstić information content (AvgIpc) is 3.40. The highest BCUT2D eigenvalue weighted by molar-refractivity contribution is 5.86. The summed E-state index contributed by atoms with van der Waals surface area (Å²) >= 11 is 0. The minimum Gasteiger partial charge on any atom is -0.493 e. The number of aromatic nitrogens is 5. The van der Waals surface area contributed by atoms with Crippen LogP contribution in [-0.4, -0.2) is 29.2 Å². The summed E-state index contributed by atoms with van der Waals surface area (Å²) in [5.74, 6) is 0.719. The lowest BCUT2D eigenvalue weighted by molar-refractivity contribution is 0.429. The highest BCUT2D eigenvalue weighted by Crippen LogP contribution is 2.33. The Bertz CT molecular complexity index is 1260. The van der Waals surface area contributed by atoms with Crippen molar-refractivity contribution in [3.05, 3.63) is 64.2 Å². The summed E-state index contributed by atoms with van der Waals surface area (Å²) in [6.07, 6.45) is 4.04. The van der Waals surface area contributed by atoms with Gasteiger partial charge in [0.15, 0.2) is 0 Å². The van der Waals surface area contributed by atoms with Crippen molar-refractivity contribution in [2.75, 3.05) is 0 Å². The summed E-state index contributed by atoms with van der Waals surface area (Å²) in [6, 6.07) is 12.4. The maximum absolute atomic E-state index is 12.1. The molecular formula is C22H23N5O2. The Kier molecular flexibility index (Phi) is 4.04. The van der Waals surface area contributed by atoms with E-state index in [4.69, 9.17) is 0 Å². The second kappa shape index (κ2) is 6.62. The van der Waals surface area contributed by atoms with Crippen molar-refractivity contribution >= 4 is 11.0 Å². The van der Waals surface area contributed by atoms with Crippen molar-refractivity contribution in [3.63, 3.8) is 0 Å². The summed E-state index contributed by atoms with van der Waals surface area (Å²) < 4.78 is 4.75. The molecule has 1 saturated carbocycles. The van der Waals surface area contributed by atoms with E-state index >= 15 is 0 Å². The van der Waals surface area contributed by atoms with Crippen molar-refractivity contribution in [2.24, 2.45) is 13.0 Å². The first-order valence-electron chi connectivity index (χ1n) is 9.88. The molecule has 2 heterocycles. The highest BCUT2D eigenvalue weighted by Gasteiger charge is 2.23. The van der Waals surface area contributed by atoms with Crippen molar-refractivity contribution in [2.45, 2.75) is 32.9 Å². The molecule has 1 aliphatic rings. The van der Waals surface area contributed by atoms with Crippen LogP contribution < -0.4 is 5.69 Å². The minimum absolute atomic E-state index is 0.0368. The van der Waals surface area contributed by atoms with Gasteiger partial charge in [0, 0.05) is 13.6 Å². The number of fused-ring (bicyclic) bond motifs is 1. The van der Waals surface area contributed by atoms with E-state index < -0.39 is 0 Å². The summed E-state index contributed by atoms with van der Waals surface area (Å²) in [6.45, 7) is 3.47. The first-order chi connectivity index (χ1) is 14.0. The van der Waals surface area contributed by atoms with Crippen LogP contribution in [0.5, 0.6) is 5.88 Å². The number of hydrogen-bond acceptors (Lipinski definition) is 4. The Morgan fingerprint density at radius 1 is 1.14 bits per heavy atom. The van der Waals surface area contributed by atoms with Gasteiger partial charge in [-0.15, -0.1) is 5.10 Å². The van der Waals surface area contributed by atoms with Crippen LogP contribution in [0.25, 0.3) is 22.2 Å². The molecule has 0 atom stereocenters. The van der Waals surface area contributed by atoms with Crippen LogP contribution in [-0.2, 0) is 20.1 Å². The molecule has 148 valence electrons. The minimum atomic E-state index is -0.234. The van der Waals surface area contributed by atoms with E-state index in [0.717, 1.165) is 45.7 Å². The van der Waals surface area contributed by atoms with Gasteiger partial charge in [0.05, 0.1) is 18.3 Å². The normalized spacial score (nSPS) is 14.0. The van der Waals surface area contributed by atoms with E-state index in [9.17, 15) is 9.90 Å². The van der Waals surface area contributed by atoms with Gasteiger partial charge in [-0.1, -0.05) is 35.5 Å². The third-order valence-electron chi connectivity index (χ3n) is 5.83. The molecule has 0 spiro atoms.